The van der Waals surface area contributed by atoms with Crippen molar-refractivity contribution in [2.45, 2.75) is 33.6 Å². The summed E-state index contributed by atoms with van der Waals surface area (Å²) in [5.74, 6) is 0.604. The van der Waals surface area contributed by atoms with Gasteiger partial charge >= 0.3 is 5.97 Å². The van der Waals surface area contributed by atoms with Crippen LogP contribution in [0.15, 0.2) is 0 Å². The number of ether oxygens (including phenoxy) is 2. The Bertz CT molecular complexity index is 243. The van der Waals surface area contributed by atoms with Crippen molar-refractivity contribution < 1.29 is 14.3 Å². The molecule has 1 saturated heterocycles. The minimum Gasteiger partial charge on any atom is -0.466 e. The van der Waals surface area contributed by atoms with Crippen molar-refractivity contribution in [2.24, 2.45) is 11.8 Å². The molecule has 1 aliphatic heterocycles. The fourth-order valence-electron chi connectivity index (χ4n) is 2.22. The summed E-state index contributed by atoms with van der Waals surface area (Å²) in [5, 5.41) is 0. The second-order valence-electron chi connectivity index (χ2n) is 5.36. The summed E-state index contributed by atoms with van der Waals surface area (Å²) in [6.45, 7) is 11.0. The van der Waals surface area contributed by atoms with E-state index in [0.717, 1.165) is 45.7 Å². The van der Waals surface area contributed by atoms with Crippen molar-refractivity contribution in [1.82, 2.24) is 4.90 Å². The molecule has 1 rings (SSSR count). The van der Waals surface area contributed by atoms with Crippen LogP contribution in [0.4, 0.5) is 0 Å². The number of carbonyl (C=O) groups excluding carboxylic acids is 1. The van der Waals surface area contributed by atoms with E-state index in [9.17, 15) is 4.79 Å². The summed E-state index contributed by atoms with van der Waals surface area (Å²) in [4.78, 5) is 14.0. The molecule has 0 aromatic carbocycles. The van der Waals surface area contributed by atoms with E-state index < -0.39 is 0 Å². The summed E-state index contributed by atoms with van der Waals surface area (Å²) in [7, 11) is 0. The van der Waals surface area contributed by atoms with Crippen molar-refractivity contribution in [1.29, 1.82) is 0 Å². The molecular weight excluding hydrogens is 230 g/mol. The highest BCUT2D eigenvalue weighted by Gasteiger charge is 2.26. The van der Waals surface area contributed by atoms with Crippen molar-refractivity contribution in [3.05, 3.63) is 0 Å². The average molecular weight is 257 g/mol. The van der Waals surface area contributed by atoms with Gasteiger partial charge in [-0.05, 0) is 32.2 Å². The topological polar surface area (TPSA) is 38.8 Å². The summed E-state index contributed by atoms with van der Waals surface area (Å²) in [6.07, 6.45) is 2.04. The number of hydrogen-bond donors (Lipinski definition) is 0. The van der Waals surface area contributed by atoms with Crippen molar-refractivity contribution in [3.63, 3.8) is 0 Å². The molecule has 0 aliphatic carbocycles. The zero-order valence-electron chi connectivity index (χ0n) is 12.0. The quantitative estimate of drug-likeness (QED) is 0.516. The van der Waals surface area contributed by atoms with Crippen LogP contribution >= 0.6 is 0 Å². The van der Waals surface area contributed by atoms with Gasteiger partial charge in [0, 0.05) is 19.7 Å². The first kappa shape index (κ1) is 15.4. The third kappa shape index (κ3) is 5.83. The van der Waals surface area contributed by atoms with E-state index in [1.807, 2.05) is 6.92 Å². The van der Waals surface area contributed by atoms with E-state index >= 15 is 0 Å². The van der Waals surface area contributed by atoms with E-state index in [1.54, 1.807) is 0 Å². The maximum atomic E-state index is 11.7. The smallest absolute Gasteiger partial charge is 0.310 e. The number of rotatable bonds is 7. The second kappa shape index (κ2) is 8.48. The normalized spacial score (nSPS) is 21.2. The molecular formula is C14H27NO3. The van der Waals surface area contributed by atoms with Gasteiger partial charge in [-0.1, -0.05) is 13.8 Å². The fraction of sp³-hybridized carbons (Fsp3) is 0.929. The molecule has 1 heterocycles. The molecule has 4 heteroatoms. The Balaban J connectivity index is 2.20. The highest BCUT2D eigenvalue weighted by atomic mass is 16.5. The van der Waals surface area contributed by atoms with Gasteiger partial charge in [-0.2, -0.15) is 0 Å². The predicted molar refractivity (Wildman–Crippen MR) is 71.5 cm³/mol. The Kier molecular flexibility index (Phi) is 7.28. The van der Waals surface area contributed by atoms with Crippen LogP contribution in [0.3, 0.4) is 0 Å². The maximum absolute atomic E-state index is 11.7. The first-order valence-corrected chi connectivity index (χ1v) is 7.10. The van der Waals surface area contributed by atoms with Crippen LogP contribution in [-0.4, -0.2) is 50.3 Å². The molecule has 1 aliphatic rings. The van der Waals surface area contributed by atoms with Gasteiger partial charge in [0.05, 0.1) is 19.1 Å². The molecule has 0 spiro atoms. The van der Waals surface area contributed by atoms with E-state index in [4.69, 9.17) is 9.47 Å². The first-order chi connectivity index (χ1) is 8.63. The Labute approximate surface area is 111 Å². The van der Waals surface area contributed by atoms with E-state index in [0.29, 0.717) is 12.5 Å². The third-order valence-electron chi connectivity index (χ3n) is 3.13. The Morgan fingerprint density at radius 2 is 2.22 bits per heavy atom. The van der Waals surface area contributed by atoms with Gasteiger partial charge in [-0.3, -0.25) is 4.79 Å². The molecule has 1 unspecified atom stereocenters. The third-order valence-corrected chi connectivity index (χ3v) is 3.13. The standard InChI is InChI=1S/C14H27NO3/c1-4-18-14(16)13-6-5-7-15(10-13)8-9-17-11-12(2)3/h12-13H,4-11H2,1-3H3. The lowest BCUT2D eigenvalue weighted by Gasteiger charge is -2.31. The number of carbonyl (C=O) groups is 1. The van der Waals surface area contributed by atoms with E-state index in [-0.39, 0.29) is 11.9 Å². The van der Waals surface area contributed by atoms with E-state index in [2.05, 4.69) is 18.7 Å². The number of nitrogens with zero attached hydrogens (tertiary/aromatic N) is 1. The van der Waals surface area contributed by atoms with Crippen LogP contribution in [0, 0.1) is 11.8 Å². The Hall–Kier alpha value is -0.610. The van der Waals surface area contributed by atoms with Gasteiger partial charge in [-0.25, -0.2) is 0 Å². The number of piperidine rings is 1. The van der Waals surface area contributed by atoms with Crippen LogP contribution in [0.1, 0.15) is 33.6 Å². The SMILES string of the molecule is CCOC(=O)C1CCCN(CCOCC(C)C)C1. The molecule has 0 bridgehead atoms. The zero-order chi connectivity index (χ0) is 13.4. The fourth-order valence-corrected chi connectivity index (χ4v) is 2.22. The summed E-state index contributed by atoms with van der Waals surface area (Å²) < 4.78 is 10.7. The van der Waals surface area contributed by atoms with Crippen LogP contribution in [-0.2, 0) is 14.3 Å². The van der Waals surface area contributed by atoms with Gasteiger partial charge in [0.2, 0.25) is 0 Å². The molecule has 18 heavy (non-hydrogen) atoms. The molecule has 0 amide bonds. The van der Waals surface area contributed by atoms with Crippen molar-refractivity contribution >= 4 is 5.97 Å². The van der Waals surface area contributed by atoms with Gasteiger partial charge in [0.25, 0.3) is 0 Å². The lowest BCUT2D eigenvalue weighted by molar-refractivity contribution is -0.150. The minimum atomic E-state index is -0.0368. The lowest BCUT2D eigenvalue weighted by atomic mass is 9.98. The van der Waals surface area contributed by atoms with Crippen molar-refractivity contribution in [2.75, 3.05) is 39.5 Å². The van der Waals surface area contributed by atoms with Crippen LogP contribution in [0.5, 0.6) is 0 Å². The van der Waals surface area contributed by atoms with Crippen LogP contribution < -0.4 is 0 Å². The molecule has 0 aromatic rings. The molecule has 4 nitrogen and oxygen atoms in total. The predicted octanol–water partition coefficient (Wildman–Crippen LogP) is 1.93. The Morgan fingerprint density at radius 3 is 2.89 bits per heavy atom. The average Bonchev–Trinajstić information content (AvgIpc) is 2.35. The molecule has 0 radical (unpaired) electrons. The summed E-state index contributed by atoms with van der Waals surface area (Å²) in [6, 6.07) is 0. The minimum absolute atomic E-state index is 0.0368. The van der Waals surface area contributed by atoms with Crippen LogP contribution in [0.2, 0.25) is 0 Å². The lowest BCUT2D eigenvalue weighted by Crippen LogP contribution is -2.41. The first-order valence-electron chi connectivity index (χ1n) is 7.10. The maximum Gasteiger partial charge on any atom is 0.310 e. The van der Waals surface area contributed by atoms with Gasteiger partial charge in [0.15, 0.2) is 0 Å². The summed E-state index contributed by atoms with van der Waals surface area (Å²) in [5.41, 5.74) is 0. The highest BCUT2D eigenvalue weighted by molar-refractivity contribution is 5.72. The number of hydrogen-bond acceptors (Lipinski definition) is 4. The molecule has 0 saturated carbocycles. The van der Waals surface area contributed by atoms with Gasteiger partial charge < -0.3 is 14.4 Å². The van der Waals surface area contributed by atoms with E-state index in [1.165, 1.54) is 0 Å². The largest absolute Gasteiger partial charge is 0.466 e. The number of esters is 1. The molecule has 0 N–H and O–H groups in total. The molecule has 0 aromatic heterocycles. The van der Waals surface area contributed by atoms with Gasteiger partial charge in [0.1, 0.15) is 0 Å². The molecule has 106 valence electrons. The summed E-state index contributed by atoms with van der Waals surface area (Å²) >= 11 is 0. The van der Waals surface area contributed by atoms with Crippen LogP contribution in [0.25, 0.3) is 0 Å². The highest BCUT2D eigenvalue weighted by Crippen LogP contribution is 2.17. The number of likely N-dealkylation sites (tertiary alicyclic amines) is 1. The van der Waals surface area contributed by atoms with Crippen molar-refractivity contribution in [3.8, 4) is 0 Å². The monoisotopic (exact) mass is 257 g/mol. The molecule has 1 atom stereocenters. The Morgan fingerprint density at radius 1 is 1.44 bits per heavy atom. The second-order valence-corrected chi connectivity index (χ2v) is 5.36. The van der Waals surface area contributed by atoms with Gasteiger partial charge in [-0.15, -0.1) is 0 Å². The zero-order valence-corrected chi connectivity index (χ0v) is 12.0. The molecule has 1 fully saturated rings.